The zero-order chi connectivity index (χ0) is 9.10. The van der Waals surface area contributed by atoms with E-state index < -0.39 is 0 Å². The molecule has 0 N–H and O–H groups in total. The van der Waals surface area contributed by atoms with Crippen molar-refractivity contribution in [2.24, 2.45) is 0 Å². The lowest BCUT2D eigenvalue weighted by molar-refractivity contribution is 0.742. The van der Waals surface area contributed by atoms with Gasteiger partial charge < -0.3 is 0 Å². The van der Waals surface area contributed by atoms with Crippen LogP contribution in [0.2, 0.25) is 5.02 Å². The lowest BCUT2D eigenvalue weighted by Gasteiger charge is -2.12. The summed E-state index contributed by atoms with van der Waals surface area (Å²) in [5.74, 6) is 0. The molecular formula is C12H13Cl. The molecule has 0 nitrogen and oxygen atoms in total. The minimum absolute atomic E-state index is 0.837. The highest BCUT2D eigenvalue weighted by Gasteiger charge is 2.05. The fraction of sp³-hybridized carbons (Fsp3) is 0.333. The Morgan fingerprint density at radius 2 is 2.08 bits per heavy atom. The zero-order valence-electron chi connectivity index (χ0n) is 7.59. The van der Waals surface area contributed by atoms with Gasteiger partial charge in [-0.05, 0) is 49.0 Å². The molecule has 0 heterocycles. The Kier molecular flexibility index (Phi) is 2.70. The fourth-order valence-electron chi connectivity index (χ4n) is 1.79. The van der Waals surface area contributed by atoms with Gasteiger partial charge in [0.1, 0.15) is 0 Å². The van der Waals surface area contributed by atoms with Crippen molar-refractivity contribution >= 4 is 17.2 Å². The maximum atomic E-state index is 5.94. The van der Waals surface area contributed by atoms with Crippen molar-refractivity contribution in [3.63, 3.8) is 0 Å². The molecule has 0 amide bonds. The van der Waals surface area contributed by atoms with Gasteiger partial charge in [0.05, 0.1) is 0 Å². The molecule has 2 rings (SSSR count). The molecule has 68 valence electrons. The number of benzene rings is 1. The van der Waals surface area contributed by atoms with Crippen molar-refractivity contribution in [2.75, 3.05) is 0 Å². The van der Waals surface area contributed by atoms with Gasteiger partial charge in [-0.1, -0.05) is 29.8 Å². The van der Waals surface area contributed by atoms with Crippen LogP contribution < -0.4 is 0 Å². The average Bonchev–Trinajstić information content (AvgIpc) is 2.19. The summed E-state index contributed by atoms with van der Waals surface area (Å²) in [5, 5.41) is 0.837. The molecule has 13 heavy (non-hydrogen) atoms. The third-order valence-corrected chi connectivity index (χ3v) is 2.72. The van der Waals surface area contributed by atoms with Gasteiger partial charge in [-0.2, -0.15) is 0 Å². The van der Waals surface area contributed by atoms with Crippen molar-refractivity contribution in [2.45, 2.75) is 25.7 Å². The van der Waals surface area contributed by atoms with Crippen LogP contribution in [0.25, 0.3) is 5.57 Å². The maximum Gasteiger partial charge on any atom is 0.0412 e. The first-order valence-electron chi connectivity index (χ1n) is 4.81. The van der Waals surface area contributed by atoms with Gasteiger partial charge in [0.25, 0.3) is 0 Å². The highest BCUT2D eigenvalue weighted by molar-refractivity contribution is 6.30. The molecule has 0 aliphatic heterocycles. The van der Waals surface area contributed by atoms with E-state index in [-0.39, 0.29) is 0 Å². The van der Waals surface area contributed by atoms with E-state index in [0.717, 1.165) is 5.02 Å². The second-order valence-electron chi connectivity index (χ2n) is 3.49. The molecule has 1 aromatic carbocycles. The molecule has 0 radical (unpaired) electrons. The number of hydrogen-bond donors (Lipinski definition) is 0. The highest BCUT2D eigenvalue weighted by Crippen LogP contribution is 2.27. The molecule has 0 atom stereocenters. The van der Waals surface area contributed by atoms with Crippen LogP contribution >= 0.6 is 11.6 Å². The summed E-state index contributed by atoms with van der Waals surface area (Å²) in [6.45, 7) is 0. The molecule has 0 bridgehead atoms. The van der Waals surface area contributed by atoms with Crippen LogP contribution in [0, 0.1) is 0 Å². The van der Waals surface area contributed by atoms with Gasteiger partial charge in [-0.15, -0.1) is 0 Å². The van der Waals surface area contributed by atoms with Gasteiger partial charge in [0.2, 0.25) is 0 Å². The van der Waals surface area contributed by atoms with Crippen molar-refractivity contribution in [1.29, 1.82) is 0 Å². The Balaban J connectivity index is 2.29. The first kappa shape index (κ1) is 8.83. The Labute approximate surface area is 84.2 Å². The summed E-state index contributed by atoms with van der Waals surface area (Å²) >= 11 is 5.94. The summed E-state index contributed by atoms with van der Waals surface area (Å²) in [6.07, 6.45) is 7.43. The van der Waals surface area contributed by atoms with E-state index in [2.05, 4.69) is 18.2 Å². The van der Waals surface area contributed by atoms with Crippen LogP contribution in [0.5, 0.6) is 0 Å². The van der Waals surface area contributed by atoms with Crippen LogP contribution in [0.4, 0.5) is 0 Å². The second-order valence-corrected chi connectivity index (χ2v) is 3.92. The van der Waals surface area contributed by atoms with Crippen LogP contribution in [0.1, 0.15) is 31.2 Å². The number of allylic oxidation sites excluding steroid dienone is 2. The summed E-state index contributed by atoms with van der Waals surface area (Å²) in [5.41, 5.74) is 2.76. The van der Waals surface area contributed by atoms with Gasteiger partial charge >= 0.3 is 0 Å². The minimum atomic E-state index is 0.837. The quantitative estimate of drug-likeness (QED) is 0.623. The predicted molar refractivity (Wildman–Crippen MR) is 57.9 cm³/mol. The van der Waals surface area contributed by atoms with Gasteiger partial charge in [-0.25, -0.2) is 0 Å². The summed E-state index contributed by atoms with van der Waals surface area (Å²) in [6, 6.07) is 8.14. The van der Waals surface area contributed by atoms with Gasteiger partial charge in [-0.3, -0.25) is 0 Å². The van der Waals surface area contributed by atoms with Crippen molar-refractivity contribution < 1.29 is 0 Å². The molecule has 1 aliphatic carbocycles. The number of hydrogen-bond acceptors (Lipinski definition) is 0. The van der Waals surface area contributed by atoms with Crippen LogP contribution in [0.15, 0.2) is 30.3 Å². The first-order chi connectivity index (χ1) is 6.36. The van der Waals surface area contributed by atoms with Crippen LogP contribution in [-0.2, 0) is 0 Å². The Bertz CT molecular complexity index is 326. The molecule has 0 spiro atoms. The molecule has 1 aromatic rings. The number of halogens is 1. The molecule has 0 unspecified atom stereocenters. The van der Waals surface area contributed by atoms with Crippen LogP contribution in [-0.4, -0.2) is 0 Å². The molecule has 0 saturated heterocycles. The summed E-state index contributed by atoms with van der Waals surface area (Å²) < 4.78 is 0. The Morgan fingerprint density at radius 1 is 1.15 bits per heavy atom. The monoisotopic (exact) mass is 192 g/mol. The van der Waals surface area contributed by atoms with E-state index in [4.69, 9.17) is 11.6 Å². The minimum Gasteiger partial charge on any atom is -0.0843 e. The molecule has 0 saturated carbocycles. The van der Waals surface area contributed by atoms with Crippen molar-refractivity contribution in [3.05, 3.63) is 40.9 Å². The van der Waals surface area contributed by atoms with E-state index in [9.17, 15) is 0 Å². The second kappa shape index (κ2) is 3.97. The zero-order valence-corrected chi connectivity index (χ0v) is 8.35. The molecule has 1 heteroatoms. The molecule has 0 aromatic heterocycles. The lowest BCUT2D eigenvalue weighted by Crippen LogP contribution is -1.91. The summed E-state index contributed by atoms with van der Waals surface area (Å²) in [7, 11) is 0. The SMILES string of the molecule is Clc1cccc(C2=CCCCC2)c1. The van der Waals surface area contributed by atoms with Crippen LogP contribution in [0.3, 0.4) is 0 Å². The smallest absolute Gasteiger partial charge is 0.0412 e. The predicted octanol–water partition coefficient (Wildman–Crippen LogP) is 4.30. The molecule has 0 fully saturated rings. The van der Waals surface area contributed by atoms with E-state index in [0.29, 0.717) is 0 Å². The third-order valence-electron chi connectivity index (χ3n) is 2.49. The largest absolute Gasteiger partial charge is 0.0843 e. The van der Waals surface area contributed by atoms with E-state index in [1.165, 1.54) is 36.8 Å². The average molecular weight is 193 g/mol. The molecule has 1 aliphatic rings. The third kappa shape index (κ3) is 2.13. The first-order valence-corrected chi connectivity index (χ1v) is 5.19. The topological polar surface area (TPSA) is 0 Å². The Hall–Kier alpha value is -0.750. The van der Waals surface area contributed by atoms with E-state index in [1.807, 2.05) is 12.1 Å². The molecular weight excluding hydrogens is 180 g/mol. The number of rotatable bonds is 1. The van der Waals surface area contributed by atoms with Crippen molar-refractivity contribution in [3.8, 4) is 0 Å². The Morgan fingerprint density at radius 3 is 2.77 bits per heavy atom. The van der Waals surface area contributed by atoms with Gasteiger partial charge in [0.15, 0.2) is 0 Å². The fourth-order valence-corrected chi connectivity index (χ4v) is 1.98. The summed E-state index contributed by atoms with van der Waals surface area (Å²) in [4.78, 5) is 0. The highest BCUT2D eigenvalue weighted by atomic mass is 35.5. The standard InChI is InChI=1S/C12H13Cl/c13-12-8-4-7-11(9-12)10-5-2-1-3-6-10/h4-5,7-9H,1-3,6H2. The van der Waals surface area contributed by atoms with E-state index in [1.54, 1.807) is 0 Å². The van der Waals surface area contributed by atoms with E-state index >= 15 is 0 Å². The lowest BCUT2D eigenvalue weighted by atomic mass is 9.94. The van der Waals surface area contributed by atoms with Gasteiger partial charge in [0, 0.05) is 5.02 Å². The van der Waals surface area contributed by atoms with Crippen molar-refractivity contribution in [1.82, 2.24) is 0 Å². The maximum absolute atomic E-state index is 5.94. The normalized spacial score (nSPS) is 16.8.